The number of amides is 2. The Hall–Kier alpha value is -3.65. The number of rotatable bonds is 5. The number of hydrogen-bond donors (Lipinski definition) is 3. The summed E-state index contributed by atoms with van der Waals surface area (Å²) < 4.78 is 23.2. The van der Waals surface area contributed by atoms with Gasteiger partial charge in [0.1, 0.15) is 0 Å². The van der Waals surface area contributed by atoms with Gasteiger partial charge >= 0.3 is 0 Å². The van der Waals surface area contributed by atoms with Crippen molar-refractivity contribution in [2.45, 2.75) is 11.3 Å². The molecule has 0 fully saturated rings. The number of hydrogen-bond acceptors (Lipinski definition) is 4. The zero-order valence-electron chi connectivity index (χ0n) is 16.1. The molecule has 0 aliphatic carbocycles. The van der Waals surface area contributed by atoms with Crippen molar-refractivity contribution in [1.82, 2.24) is 4.98 Å². The number of sulfone groups is 1. The Morgan fingerprint density at radius 2 is 1.80 bits per heavy atom. The highest BCUT2D eigenvalue weighted by molar-refractivity contribution is 7.90. The molecule has 4 rings (SSSR count). The minimum absolute atomic E-state index is 0.102. The Balaban J connectivity index is 1.65. The number of nitrogens with one attached hydrogen (secondary N) is 2. The van der Waals surface area contributed by atoms with E-state index in [1.807, 2.05) is 6.07 Å². The largest absolute Gasteiger partial charge is 0.369 e. The van der Waals surface area contributed by atoms with Crippen LogP contribution in [0.4, 0.5) is 5.69 Å². The molecule has 1 aromatic heterocycles. The van der Waals surface area contributed by atoms with Crippen molar-refractivity contribution in [2.24, 2.45) is 5.73 Å². The van der Waals surface area contributed by atoms with Crippen LogP contribution < -0.4 is 11.1 Å². The van der Waals surface area contributed by atoms with Crippen molar-refractivity contribution in [2.75, 3.05) is 11.6 Å². The predicted molar refractivity (Wildman–Crippen MR) is 115 cm³/mol. The van der Waals surface area contributed by atoms with Gasteiger partial charge in [-0.1, -0.05) is 18.2 Å². The average molecular weight is 421 g/mol. The van der Waals surface area contributed by atoms with E-state index in [0.29, 0.717) is 16.8 Å². The summed E-state index contributed by atoms with van der Waals surface area (Å²) in [6, 6.07) is 13.8. The summed E-state index contributed by atoms with van der Waals surface area (Å²) in [5, 5.41) is 2.81. The predicted octanol–water partition coefficient (Wildman–Crippen LogP) is 2.61. The quantitative estimate of drug-likeness (QED) is 0.548. The van der Waals surface area contributed by atoms with Crippen LogP contribution in [0, 0.1) is 0 Å². The summed E-state index contributed by atoms with van der Waals surface area (Å²) in [6.07, 6.45) is 4.80. The number of aromatic nitrogens is 1. The number of primary amides is 1. The standard InChI is InChI=1S/C22H19N3O4S/c1-30(28,29)17-5-3-14(4-6-17)15-10-16(24-12-15)11-19-18-8-13(9-21(23)26)2-7-20(18)25-22(19)27/h2-8,10-12,24H,9H2,1H3,(H2,23,26)(H,25,27)/b19-11-. The van der Waals surface area contributed by atoms with Crippen LogP contribution in [-0.4, -0.2) is 31.5 Å². The summed E-state index contributed by atoms with van der Waals surface area (Å²) in [6.45, 7) is 0. The zero-order valence-corrected chi connectivity index (χ0v) is 16.9. The maximum absolute atomic E-state index is 12.4. The van der Waals surface area contributed by atoms with Crippen LogP contribution >= 0.6 is 0 Å². The normalized spacial score (nSPS) is 14.6. The molecule has 8 heteroatoms. The Kier molecular flexibility index (Phi) is 4.79. The lowest BCUT2D eigenvalue weighted by atomic mass is 10.0. The van der Waals surface area contributed by atoms with Crippen LogP contribution in [0.15, 0.2) is 59.6 Å². The third kappa shape index (κ3) is 3.90. The van der Waals surface area contributed by atoms with E-state index in [1.54, 1.807) is 54.7 Å². The minimum Gasteiger partial charge on any atom is -0.369 e. The number of benzene rings is 2. The summed E-state index contributed by atoms with van der Waals surface area (Å²) in [5.41, 5.74) is 10.3. The molecule has 3 aromatic rings. The average Bonchev–Trinajstić information content (AvgIpc) is 3.26. The van der Waals surface area contributed by atoms with E-state index in [-0.39, 0.29) is 17.2 Å². The van der Waals surface area contributed by atoms with Crippen molar-refractivity contribution in [3.63, 3.8) is 0 Å². The molecule has 2 aromatic carbocycles. The van der Waals surface area contributed by atoms with Gasteiger partial charge < -0.3 is 16.0 Å². The van der Waals surface area contributed by atoms with Crippen LogP contribution in [0.1, 0.15) is 16.8 Å². The maximum atomic E-state index is 12.4. The highest BCUT2D eigenvalue weighted by Gasteiger charge is 2.24. The number of anilines is 1. The SMILES string of the molecule is CS(=O)(=O)c1ccc(-c2c[nH]c(/C=C3\C(=O)Nc4ccc(CC(N)=O)cc43)c2)cc1. The molecule has 1 aliphatic rings. The van der Waals surface area contributed by atoms with Crippen LogP contribution in [0.3, 0.4) is 0 Å². The molecule has 152 valence electrons. The summed E-state index contributed by atoms with van der Waals surface area (Å²) >= 11 is 0. The van der Waals surface area contributed by atoms with Crippen molar-refractivity contribution in [1.29, 1.82) is 0 Å². The van der Waals surface area contributed by atoms with Crippen LogP contribution in [0.2, 0.25) is 0 Å². The molecule has 2 heterocycles. The van der Waals surface area contributed by atoms with Crippen molar-refractivity contribution in [3.05, 3.63) is 71.5 Å². The van der Waals surface area contributed by atoms with E-state index in [0.717, 1.165) is 22.4 Å². The second-order valence-corrected chi connectivity index (χ2v) is 9.19. The van der Waals surface area contributed by atoms with Crippen molar-refractivity contribution < 1.29 is 18.0 Å². The number of nitrogens with two attached hydrogens (primary N) is 1. The lowest BCUT2D eigenvalue weighted by Crippen LogP contribution is -2.13. The minimum atomic E-state index is -3.25. The molecule has 30 heavy (non-hydrogen) atoms. The van der Waals surface area contributed by atoms with Gasteiger partial charge in [-0.25, -0.2) is 8.42 Å². The second-order valence-electron chi connectivity index (χ2n) is 7.18. The van der Waals surface area contributed by atoms with Gasteiger partial charge in [-0.2, -0.15) is 0 Å². The van der Waals surface area contributed by atoms with Crippen molar-refractivity contribution >= 4 is 39.0 Å². The lowest BCUT2D eigenvalue weighted by Gasteiger charge is -2.02. The highest BCUT2D eigenvalue weighted by Crippen LogP contribution is 2.34. The molecule has 0 saturated carbocycles. The van der Waals surface area contributed by atoms with E-state index in [2.05, 4.69) is 10.3 Å². The smallest absolute Gasteiger partial charge is 0.256 e. The van der Waals surface area contributed by atoms with Crippen LogP contribution in [0.5, 0.6) is 0 Å². The number of carbonyl (C=O) groups is 2. The number of fused-ring (bicyclic) bond motifs is 1. The van der Waals surface area contributed by atoms with E-state index >= 15 is 0 Å². The van der Waals surface area contributed by atoms with Crippen LogP contribution in [-0.2, 0) is 25.8 Å². The highest BCUT2D eigenvalue weighted by atomic mass is 32.2. The summed E-state index contributed by atoms with van der Waals surface area (Å²) in [4.78, 5) is 27.0. The first kappa shape index (κ1) is 19.7. The number of aromatic amines is 1. The molecular formula is C22H19N3O4S. The maximum Gasteiger partial charge on any atom is 0.256 e. The van der Waals surface area contributed by atoms with Crippen molar-refractivity contribution in [3.8, 4) is 11.1 Å². The van der Waals surface area contributed by atoms with Gasteiger partial charge in [-0.3, -0.25) is 9.59 Å². The lowest BCUT2D eigenvalue weighted by molar-refractivity contribution is -0.117. The van der Waals surface area contributed by atoms with E-state index in [4.69, 9.17) is 5.73 Å². The molecule has 0 bridgehead atoms. The summed E-state index contributed by atoms with van der Waals surface area (Å²) in [7, 11) is -3.25. The number of carbonyl (C=O) groups excluding carboxylic acids is 2. The third-order valence-electron chi connectivity index (χ3n) is 4.87. The monoisotopic (exact) mass is 421 g/mol. The van der Waals surface area contributed by atoms with Gasteiger partial charge in [-0.15, -0.1) is 0 Å². The van der Waals surface area contributed by atoms with Crippen LogP contribution in [0.25, 0.3) is 22.8 Å². The molecule has 0 radical (unpaired) electrons. The molecule has 2 amide bonds. The first-order chi connectivity index (χ1) is 14.2. The van der Waals surface area contributed by atoms with E-state index in [1.165, 1.54) is 6.26 Å². The Morgan fingerprint density at radius 3 is 2.47 bits per heavy atom. The fraction of sp³-hybridized carbons (Fsp3) is 0.0909. The third-order valence-corrected chi connectivity index (χ3v) is 5.99. The fourth-order valence-electron chi connectivity index (χ4n) is 3.40. The van der Waals surface area contributed by atoms with Gasteiger partial charge in [0.05, 0.1) is 16.9 Å². The molecule has 7 nitrogen and oxygen atoms in total. The molecular weight excluding hydrogens is 402 g/mol. The molecule has 0 spiro atoms. The Bertz CT molecular complexity index is 1300. The molecule has 1 aliphatic heterocycles. The van der Waals surface area contributed by atoms with Gasteiger partial charge in [0.15, 0.2) is 9.84 Å². The zero-order chi connectivity index (χ0) is 21.5. The molecule has 4 N–H and O–H groups in total. The Labute approximate surface area is 173 Å². The first-order valence-electron chi connectivity index (χ1n) is 9.14. The van der Waals surface area contributed by atoms with Gasteiger partial charge in [0.25, 0.3) is 5.91 Å². The van der Waals surface area contributed by atoms with E-state index < -0.39 is 15.7 Å². The van der Waals surface area contributed by atoms with Gasteiger partial charge in [-0.05, 0) is 53.1 Å². The van der Waals surface area contributed by atoms with Gasteiger partial charge in [0.2, 0.25) is 5.91 Å². The van der Waals surface area contributed by atoms with Gasteiger partial charge in [0, 0.05) is 29.4 Å². The number of H-pyrrole nitrogens is 1. The second kappa shape index (κ2) is 7.31. The molecule has 0 saturated heterocycles. The summed E-state index contributed by atoms with van der Waals surface area (Å²) in [5.74, 6) is -0.663. The molecule has 0 unspecified atom stereocenters. The Morgan fingerprint density at radius 1 is 1.07 bits per heavy atom. The van der Waals surface area contributed by atoms with E-state index in [9.17, 15) is 18.0 Å². The molecule has 0 atom stereocenters. The fourth-order valence-corrected chi connectivity index (χ4v) is 4.03. The first-order valence-corrected chi connectivity index (χ1v) is 11.0. The topological polar surface area (TPSA) is 122 Å².